The average Bonchev–Trinajstić information content (AvgIpc) is 3.23. The Morgan fingerprint density at radius 2 is 1.90 bits per heavy atom. The van der Waals surface area contributed by atoms with Crippen LogP contribution in [0.25, 0.3) is 5.69 Å². The highest BCUT2D eigenvalue weighted by atomic mass is 15.3. The first-order valence-corrected chi connectivity index (χ1v) is 7.57. The predicted molar refractivity (Wildman–Crippen MR) is 80.0 cm³/mol. The van der Waals surface area contributed by atoms with Crippen LogP contribution in [0.5, 0.6) is 0 Å². The molecule has 1 N–H and O–H groups in total. The van der Waals surface area contributed by atoms with Crippen molar-refractivity contribution in [3.63, 3.8) is 0 Å². The van der Waals surface area contributed by atoms with Gasteiger partial charge in [0.2, 0.25) is 0 Å². The lowest BCUT2D eigenvalue weighted by atomic mass is 10.2. The second kappa shape index (κ2) is 5.75. The molecule has 1 aliphatic rings. The van der Waals surface area contributed by atoms with E-state index in [1.54, 1.807) is 0 Å². The summed E-state index contributed by atoms with van der Waals surface area (Å²) in [4.78, 5) is 4.55. The van der Waals surface area contributed by atoms with Gasteiger partial charge >= 0.3 is 0 Å². The van der Waals surface area contributed by atoms with Gasteiger partial charge in [-0.25, -0.2) is 9.67 Å². The maximum Gasteiger partial charge on any atom is 0.151 e. The molecule has 4 nitrogen and oxygen atoms in total. The topological polar surface area (TPSA) is 42.7 Å². The Balaban J connectivity index is 1.77. The molecule has 20 heavy (non-hydrogen) atoms. The summed E-state index contributed by atoms with van der Waals surface area (Å²) in [5.41, 5.74) is 2.43. The fraction of sp³-hybridized carbons (Fsp3) is 0.500. The van der Waals surface area contributed by atoms with E-state index in [2.05, 4.69) is 53.5 Å². The molecule has 3 rings (SSSR count). The highest BCUT2D eigenvalue weighted by Crippen LogP contribution is 2.19. The van der Waals surface area contributed by atoms with E-state index < -0.39 is 0 Å². The van der Waals surface area contributed by atoms with Gasteiger partial charge in [0.15, 0.2) is 5.82 Å². The first kappa shape index (κ1) is 13.3. The number of aromatic nitrogens is 3. The molecule has 1 heterocycles. The average molecular weight is 270 g/mol. The second-order valence-electron chi connectivity index (χ2n) is 5.38. The van der Waals surface area contributed by atoms with Gasteiger partial charge in [-0.1, -0.05) is 26.0 Å². The van der Waals surface area contributed by atoms with Gasteiger partial charge in [-0.3, -0.25) is 0 Å². The molecule has 0 spiro atoms. The number of nitrogens with zero attached hydrogens (tertiary/aromatic N) is 3. The van der Waals surface area contributed by atoms with Crippen molar-refractivity contribution in [3.05, 3.63) is 41.5 Å². The van der Waals surface area contributed by atoms with Crippen LogP contribution in [0.3, 0.4) is 0 Å². The third-order valence-electron chi connectivity index (χ3n) is 3.70. The van der Waals surface area contributed by atoms with Crippen molar-refractivity contribution in [2.45, 2.75) is 52.1 Å². The number of rotatable bonds is 6. The van der Waals surface area contributed by atoms with Gasteiger partial charge < -0.3 is 5.32 Å². The van der Waals surface area contributed by atoms with Crippen LogP contribution in [0.1, 0.15) is 43.9 Å². The molecule has 1 aromatic heterocycles. The molecule has 0 unspecified atom stereocenters. The lowest BCUT2D eigenvalue weighted by Crippen LogP contribution is -2.15. The Kier molecular flexibility index (Phi) is 3.83. The fourth-order valence-electron chi connectivity index (χ4n) is 2.28. The smallest absolute Gasteiger partial charge is 0.151 e. The number of hydrogen-bond acceptors (Lipinski definition) is 3. The minimum absolute atomic E-state index is 0.754. The number of nitrogens with one attached hydrogen (secondary N) is 1. The van der Waals surface area contributed by atoms with E-state index in [9.17, 15) is 0 Å². The molecule has 0 saturated heterocycles. The quantitative estimate of drug-likeness (QED) is 0.877. The molecular weight excluding hydrogens is 248 g/mol. The lowest BCUT2D eigenvalue weighted by Gasteiger charge is -2.07. The third-order valence-corrected chi connectivity index (χ3v) is 3.70. The Hall–Kier alpha value is -1.68. The van der Waals surface area contributed by atoms with Crippen molar-refractivity contribution >= 4 is 0 Å². The summed E-state index contributed by atoms with van der Waals surface area (Å²) >= 11 is 0. The van der Waals surface area contributed by atoms with E-state index >= 15 is 0 Å². The number of aryl methyl sites for hydroxylation is 2. The SMILES string of the molecule is CCc1nc(CC)n(-c2ccc(CNC3CC3)cc2)n1. The summed E-state index contributed by atoms with van der Waals surface area (Å²) in [6.45, 7) is 5.17. The third kappa shape index (κ3) is 2.90. The summed E-state index contributed by atoms with van der Waals surface area (Å²) in [6.07, 6.45) is 4.44. The van der Waals surface area contributed by atoms with Crippen molar-refractivity contribution in [1.29, 1.82) is 0 Å². The largest absolute Gasteiger partial charge is 0.310 e. The van der Waals surface area contributed by atoms with Gasteiger partial charge in [0.05, 0.1) is 5.69 Å². The molecule has 0 atom stereocenters. The molecule has 1 aliphatic carbocycles. The second-order valence-corrected chi connectivity index (χ2v) is 5.38. The van der Waals surface area contributed by atoms with E-state index in [-0.39, 0.29) is 0 Å². The molecule has 0 radical (unpaired) electrons. The van der Waals surface area contributed by atoms with Gasteiger partial charge in [-0.2, -0.15) is 5.10 Å². The van der Waals surface area contributed by atoms with Crippen molar-refractivity contribution in [2.24, 2.45) is 0 Å². The summed E-state index contributed by atoms with van der Waals surface area (Å²) in [5.74, 6) is 1.95. The van der Waals surface area contributed by atoms with Gasteiger partial charge in [0.1, 0.15) is 5.82 Å². The van der Waals surface area contributed by atoms with Crippen LogP contribution in [0.4, 0.5) is 0 Å². The maximum absolute atomic E-state index is 4.57. The van der Waals surface area contributed by atoms with E-state index in [1.165, 1.54) is 18.4 Å². The lowest BCUT2D eigenvalue weighted by molar-refractivity contribution is 0.687. The van der Waals surface area contributed by atoms with E-state index in [0.29, 0.717) is 0 Å². The minimum Gasteiger partial charge on any atom is -0.310 e. The van der Waals surface area contributed by atoms with E-state index in [1.807, 2.05) is 4.68 Å². The molecule has 1 saturated carbocycles. The summed E-state index contributed by atoms with van der Waals surface area (Å²) < 4.78 is 1.97. The first-order valence-electron chi connectivity index (χ1n) is 7.57. The summed E-state index contributed by atoms with van der Waals surface area (Å²) in [7, 11) is 0. The zero-order chi connectivity index (χ0) is 13.9. The van der Waals surface area contributed by atoms with Crippen LogP contribution in [-0.4, -0.2) is 20.8 Å². The minimum atomic E-state index is 0.754. The standard InChI is InChI=1S/C16H22N4/c1-3-15-18-16(4-2)20(19-15)14-9-5-12(6-10-14)11-17-13-7-8-13/h5-6,9-10,13,17H,3-4,7-8,11H2,1-2H3. The molecule has 0 aliphatic heterocycles. The van der Waals surface area contributed by atoms with Crippen LogP contribution < -0.4 is 5.32 Å². The van der Waals surface area contributed by atoms with Crippen LogP contribution in [0, 0.1) is 0 Å². The summed E-state index contributed by atoms with van der Waals surface area (Å²) in [5, 5.41) is 8.11. The molecule has 0 bridgehead atoms. The molecule has 0 amide bonds. The molecule has 1 aromatic carbocycles. The van der Waals surface area contributed by atoms with E-state index in [4.69, 9.17) is 0 Å². The van der Waals surface area contributed by atoms with Gasteiger partial charge in [-0.05, 0) is 30.5 Å². The molecule has 1 fully saturated rings. The maximum atomic E-state index is 4.57. The predicted octanol–water partition coefficient (Wildman–Crippen LogP) is 2.64. The Morgan fingerprint density at radius 3 is 2.50 bits per heavy atom. The van der Waals surface area contributed by atoms with Gasteiger partial charge in [0.25, 0.3) is 0 Å². The van der Waals surface area contributed by atoms with Crippen molar-refractivity contribution in [2.75, 3.05) is 0 Å². The van der Waals surface area contributed by atoms with Crippen molar-refractivity contribution in [3.8, 4) is 5.69 Å². The van der Waals surface area contributed by atoms with Crippen molar-refractivity contribution < 1.29 is 0 Å². The Bertz CT molecular complexity index is 567. The van der Waals surface area contributed by atoms with Gasteiger partial charge in [-0.15, -0.1) is 0 Å². The molecule has 4 heteroatoms. The monoisotopic (exact) mass is 270 g/mol. The zero-order valence-corrected chi connectivity index (χ0v) is 12.3. The normalized spacial score (nSPS) is 14.7. The molecule has 106 valence electrons. The van der Waals surface area contributed by atoms with Crippen LogP contribution in [0.15, 0.2) is 24.3 Å². The number of hydrogen-bond donors (Lipinski definition) is 1. The molecule has 2 aromatic rings. The number of benzene rings is 1. The zero-order valence-electron chi connectivity index (χ0n) is 12.3. The highest BCUT2D eigenvalue weighted by molar-refractivity contribution is 5.34. The van der Waals surface area contributed by atoms with Crippen molar-refractivity contribution in [1.82, 2.24) is 20.1 Å². The Morgan fingerprint density at radius 1 is 1.15 bits per heavy atom. The highest BCUT2D eigenvalue weighted by Gasteiger charge is 2.19. The summed E-state index contributed by atoms with van der Waals surface area (Å²) in [6, 6.07) is 9.38. The van der Waals surface area contributed by atoms with Crippen LogP contribution >= 0.6 is 0 Å². The first-order chi connectivity index (χ1) is 9.80. The van der Waals surface area contributed by atoms with Crippen LogP contribution in [0.2, 0.25) is 0 Å². The Labute approximate surface area is 120 Å². The van der Waals surface area contributed by atoms with Crippen LogP contribution in [-0.2, 0) is 19.4 Å². The fourth-order valence-corrected chi connectivity index (χ4v) is 2.28. The van der Waals surface area contributed by atoms with E-state index in [0.717, 1.165) is 42.8 Å². The van der Waals surface area contributed by atoms with Gasteiger partial charge in [0, 0.05) is 25.4 Å². The molecular formula is C16H22N4.